The second kappa shape index (κ2) is 5.90. The number of nitrogens with zero attached hydrogens (tertiary/aromatic N) is 4. The van der Waals surface area contributed by atoms with E-state index in [1.165, 1.54) is 5.56 Å². The van der Waals surface area contributed by atoms with Gasteiger partial charge in [0.05, 0.1) is 5.69 Å². The smallest absolute Gasteiger partial charge is 0.220 e. The Kier molecular flexibility index (Phi) is 3.62. The molecule has 0 bridgehead atoms. The predicted molar refractivity (Wildman–Crippen MR) is 90.1 cm³/mol. The second-order valence-electron chi connectivity index (χ2n) is 4.72. The molecule has 4 nitrogen and oxygen atoms in total. The molecule has 108 valence electrons. The molecule has 3 heterocycles. The van der Waals surface area contributed by atoms with Crippen molar-refractivity contribution in [1.82, 2.24) is 19.6 Å². The number of fused-ring (bicyclic) bond motifs is 1. The lowest BCUT2D eigenvalue weighted by Gasteiger charge is -1.99. The number of thioether (sulfide) groups is 1. The van der Waals surface area contributed by atoms with Crippen LogP contribution in [0.25, 0.3) is 17.0 Å². The summed E-state index contributed by atoms with van der Waals surface area (Å²) in [6, 6.07) is 14.4. The fraction of sp³-hybridized carbons (Fsp3) is 0.0625. The van der Waals surface area contributed by atoms with Crippen LogP contribution in [0.2, 0.25) is 0 Å². The Hall–Kier alpha value is -2.18. The molecule has 6 heteroatoms. The van der Waals surface area contributed by atoms with E-state index < -0.39 is 0 Å². The third-order valence-electron chi connectivity index (χ3n) is 3.25. The van der Waals surface area contributed by atoms with Crippen LogP contribution in [-0.4, -0.2) is 19.6 Å². The summed E-state index contributed by atoms with van der Waals surface area (Å²) in [7, 11) is 0. The summed E-state index contributed by atoms with van der Waals surface area (Å²) in [5.41, 5.74) is 3.42. The van der Waals surface area contributed by atoms with Crippen LogP contribution in [0.1, 0.15) is 5.56 Å². The molecule has 0 aliphatic rings. The van der Waals surface area contributed by atoms with Crippen LogP contribution >= 0.6 is 23.1 Å². The molecule has 0 N–H and O–H groups in total. The molecule has 0 amide bonds. The summed E-state index contributed by atoms with van der Waals surface area (Å²) >= 11 is 3.29. The zero-order valence-corrected chi connectivity index (χ0v) is 13.2. The molecule has 0 aliphatic carbocycles. The minimum Gasteiger partial charge on any atom is -0.220 e. The summed E-state index contributed by atoms with van der Waals surface area (Å²) in [6.07, 6.45) is 1.78. The lowest BCUT2D eigenvalue weighted by atomic mass is 10.2. The largest absolute Gasteiger partial charge is 0.253 e. The highest BCUT2D eigenvalue weighted by molar-refractivity contribution is 7.98. The van der Waals surface area contributed by atoms with Gasteiger partial charge >= 0.3 is 0 Å². The van der Waals surface area contributed by atoms with Crippen LogP contribution in [0.15, 0.2) is 64.6 Å². The van der Waals surface area contributed by atoms with Gasteiger partial charge in [-0.1, -0.05) is 42.1 Å². The SMILES string of the molecule is c1ccc(CSc2nc3nccc(-c4ccsc4)n3n2)cc1. The molecule has 1 aromatic carbocycles. The molecule has 22 heavy (non-hydrogen) atoms. The molecule has 0 fully saturated rings. The Bertz CT molecular complexity index is 885. The first kappa shape index (κ1) is 13.5. The van der Waals surface area contributed by atoms with Gasteiger partial charge in [0.2, 0.25) is 5.16 Å². The number of hydrogen-bond acceptors (Lipinski definition) is 5. The minimum atomic E-state index is 0.638. The van der Waals surface area contributed by atoms with E-state index >= 15 is 0 Å². The number of benzene rings is 1. The highest BCUT2D eigenvalue weighted by atomic mass is 32.2. The first-order chi connectivity index (χ1) is 10.9. The van der Waals surface area contributed by atoms with Gasteiger partial charge < -0.3 is 0 Å². The molecule has 3 aromatic heterocycles. The fourth-order valence-electron chi connectivity index (χ4n) is 2.19. The predicted octanol–water partition coefficient (Wildman–Crippen LogP) is 4.15. The summed E-state index contributed by atoms with van der Waals surface area (Å²) < 4.78 is 1.81. The molecule has 0 saturated heterocycles. The van der Waals surface area contributed by atoms with Gasteiger partial charge in [-0.25, -0.2) is 4.98 Å². The highest BCUT2D eigenvalue weighted by Crippen LogP contribution is 2.24. The number of thiophene rings is 1. The number of hydrogen-bond donors (Lipinski definition) is 0. The van der Waals surface area contributed by atoms with Crippen molar-refractivity contribution in [1.29, 1.82) is 0 Å². The first-order valence-corrected chi connectivity index (χ1v) is 8.74. The van der Waals surface area contributed by atoms with Crippen molar-refractivity contribution in [2.45, 2.75) is 10.9 Å². The zero-order valence-electron chi connectivity index (χ0n) is 11.6. The summed E-state index contributed by atoms with van der Waals surface area (Å²) in [5.74, 6) is 1.49. The van der Waals surface area contributed by atoms with E-state index in [0.717, 1.165) is 22.2 Å². The van der Waals surface area contributed by atoms with Crippen molar-refractivity contribution in [2.24, 2.45) is 0 Å². The maximum absolute atomic E-state index is 4.59. The maximum atomic E-state index is 4.59. The van der Waals surface area contributed by atoms with Crippen LogP contribution in [0.4, 0.5) is 0 Å². The van der Waals surface area contributed by atoms with Gasteiger partial charge in [0.25, 0.3) is 5.78 Å². The Morgan fingerprint density at radius 3 is 2.82 bits per heavy atom. The van der Waals surface area contributed by atoms with Gasteiger partial charge in [0.15, 0.2) is 0 Å². The van der Waals surface area contributed by atoms with E-state index in [9.17, 15) is 0 Å². The summed E-state index contributed by atoms with van der Waals surface area (Å²) in [4.78, 5) is 8.81. The molecular formula is C16H12N4S2. The molecule has 0 spiro atoms. The third kappa shape index (κ3) is 2.63. The zero-order chi connectivity index (χ0) is 14.8. The summed E-state index contributed by atoms with van der Waals surface area (Å²) in [5, 5.41) is 9.51. The average molecular weight is 324 g/mol. The monoisotopic (exact) mass is 324 g/mol. The van der Waals surface area contributed by atoms with Crippen molar-refractivity contribution in [3.05, 3.63) is 65.0 Å². The Balaban J connectivity index is 1.65. The Morgan fingerprint density at radius 2 is 2.00 bits per heavy atom. The molecule has 0 saturated carbocycles. The molecule has 0 atom stereocenters. The van der Waals surface area contributed by atoms with Crippen LogP contribution < -0.4 is 0 Å². The van der Waals surface area contributed by atoms with Gasteiger partial charge in [-0.15, -0.1) is 5.10 Å². The van der Waals surface area contributed by atoms with E-state index in [0.29, 0.717) is 5.78 Å². The van der Waals surface area contributed by atoms with Gasteiger partial charge in [0.1, 0.15) is 0 Å². The lowest BCUT2D eigenvalue weighted by molar-refractivity contribution is 0.886. The fourth-order valence-corrected chi connectivity index (χ4v) is 3.61. The van der Waals surface area contributed by atoms with E-state index in [2.05, 4.69) is 44.0 Å². The normalized spacial score (nSPS) is 11.1. The summed E-state index contributed by atoms with van der Waals surface area (Å²) in [6.45, 7) is 0. The first-order valence-electron chi connectivity index (χ1n) is 6.81. The van der Waals surface area contributed by atoms with Crippen LogP contribution in [-0.2, 0) is 5.75 Å². The molecule has 4 rings (SSSR count). The number of rotatable bonds is 4. The maximum Gasteiger partial charge on any atom is 0.253 e. The van der Waals surface area contributed by atoms with Crippen molar-refractivity contribution in [2.75, 3.05) is 0 Å². The topological polar surface area (TPSA) is 43.1 Å². The third-order valence-corrected chi connectivity index (χ3v) is 4.84. The quantitative estimate of drug-likeness (QED) is 0.529. The lowest BCUT2D eigenvalue weighted by Crippen LogP contribution is -1.94. The van der Waals surface area contributed by atoms with E-state index in [1.807, 2.05) is 28.8 Å². The number of aromatic nitrogens is 4. The molecule has 0 aliphatic heterocycles. The van der Waals surface area contributed by atoms with E-state index in [-0.39, 0.29) is 0 Å². The Labute approximate surface area is 135 Å². The van der Waals surface area contributed by atoms with Gasteiger partial charge in [-0.2, -0.15) is 20.8 Å². The van der Waals surface area contributed by atoms with E-state index in [4.69, 9.17) is 0 Å². The van der Waals surface area contributed by atoms with Gasteiger partial charge in [0, 0.05) is 22.9 Å². The van der Waals surface area contributed by atoms with Crippen LogP contribution in [0.5, 0.6) is 0 Å². The van der Waals surface area contributed by atoms with Crippen LogP contribution in [0, 0.1) is 0 Å². The standard InChI is InChI=1S/C16H12N4S2/c1-2-4-12(5-3-1)10-22-16-18-15-17-8-6-14(20(15)19-16)13-7-9-21-11-13/h1-9,11H,10H2. The molecule has 0 unspecified atom stereocenters. The molecule has 0 radical (unpaired) electrons. The molecular weight excluding hydrogens is 312 g/mol. The van der Waals surface area contributed by atoms with Crippen molar-refractivity contribution in [3.8, 4) is 11.3 Å². The Morgan fingerprint density at radius 1 is 1.09 bits per heavy atom. The average Bonchev–Trinajstić information content (AvgIpc) is 3.22. The minimum absolute atomic E-state index is 0.638. The molecule has 4 aromatic rings. The van der Waals surface area contributed by atoms with Crippen molar-refractivity contribution in [3.63, 3.8) is 0 Å². The highest BCUT2D eigenvalue weighted by Gasteiger charge is 2.10. The van der Waals surface area contributed by atoms with E-state index in [1.54, 1.807) is 29.3 Å². The van der Waals surface area contributed by atoms with Gasteiger partial charge in [-0.05, 0) is 23.1 Å². The van der Waals surface area contributed by atoms with Crippen molar-refractivity contribution >= 4 is 28.9 Å². The van der Waals surface area contributed by atoms with Crippen molar-refractivity contribution < 1.29 is 0 Å². The second-order valence-corrected chi connectivity index (χ2v) is 6.45. The van der Waals surface area contributed by atoms with Crippen LogP contribution in [0.3, 0.4) is 0 Å². The van der Waals surface area contributed by atoms with Gasteiger partial charge in [-0.3, -0.25) is 0 Å².